The molecule has 0 aromatic heterocycles. The Morgan fingerprint density at radius 1 is 1.08 bits per heavy atom. The lowest BCUT2D eigenvalue weighted by Crippen LogP contribution is -2.51. The van der Waals surface area contributed by atoms with Crippen LogP contribution in [0.4, 0.5) is 16.2 Å². The molecule has 0 saturated carbocycles. The highest BCUT2D eigenvalue weighted by atomic mass is 35.5. The van der Waals surface area contributed by atoms with E-state index < -0.39 is 17.7 Å². The molecular formula is C27H33Cl2N5O5. The average Bonchev–Trinajstić information content (AvgIpc) is 3.29. The fraction of sp³-hybridized carbons (Fsp3) is 0.407. The first kappa shape index (κ1) is 30.2. The highest BCUT2D eigenvalue weighted by molar-refractivity contribution is 6.39. The van der Waals surface area contributed by atoms with Crippen LogP contribution in [0.1, 0.15) is 39.7 Å². The van der Waals surface area contributed by atoms with E-state index in [1.807, 2.05) is 35.2 Å². The van der Waals surface area contributed by atoms with Gasteiger partial charge in [0.1, 0.15) is 11.6 Å². The maximum Gasteiger partial charge on any atom is 0.414 e. The topological polar surface area (TPSA) is 121 Å². The summed E-state index contributed by atoms with van der Waals surface area (Å²) in [6, 6.07) is 12.2. The number of hydrogen-bond donors (Lipinski definition) is 3. The first-order valence-electron chi connectivity index (χ1n) is 12.3. The summed E-state index contributed by atoms with van der Waals surface area (Å²) in [7, 11) is 1.61. The maximum absolute atomic E-state index is 13.5. The number of nitrogens with zero attached hydrogens (tertiary/aromatic N) is 2. The summed E-state index contributed by atoms with van der Waals surface area (Å²) in [6.07, 6.45) is -0.474. The van der Waals surface area contributed by atoms with Gasteiger partial charge < -0.3 is 19.7 Å². The van der Waals surface area contributed by atoms with Crippen LogP contribution in [-0.2, 0) is 25.6 Å². The van der Waals surface area contributed by atoms with E-state index in [4.69, 9.17) is 32.7 Å². The van der Waals surface area contributed by atoms with Gasteiger partial charge in [0.05, 0.1) is 28.4 Å². The number of guanidine groups is 1. The molecule has 12 heteroatoms. The van der Waals surface area contributed by atoms with Crippen LogP contribution in [0.3, 0.4) is 0 Å². The second kappa shape index (κ2) is 13.1. The molecule has 3 rings (SSSR count). The Hall–Kier alpha value is -3.34. The van der Waals surface area contributed by atoms with Crippen molar-refractivity contribution in [3.8, 4) is 0 Å². The van der Waals surface area contributed by atoms with Crippen molar-refractivity contribution in [1.29, 1.82) is 0 Å². The number of rotatable bonds is 6. The number of nitrogens with one attached hydrogen (secondary N) is 3. The normalized spacial score (nSPS) is 17.5. The van der Waals surface area contributed by atoms with Crippen LogP contribution in [0.2, 0.25) is 10.0 Å². The second-order valence-electron chi connectivity index (χ2n) is 9.99. The first-order valence-corrected chi connectivity index (χ1v) is 13.1. The van der Waals surface area contributed by atoms with Crippen molar-refractivity contribution in [3.63, 3.8) is 0 Å². The second-order valence-corrected chi connectivity index (χ2v) is 10.8. The fourth-order valence-corrected chi connectivity index (χ4v) is 4.64. The van der Waals surface area contributed by atoms with Gasteiger partial charge >= 0.3 is 6.09 Å². The van der Waals surface area contributed by atoms with E-state index in [1.165, 1.54) is 6.92 Å². The Kier molecular flexibility index (Phi) is 10.2. The molecule has 1 saturated heterocycles. The number of aliphatic imine (C=N–C) groups is 1. The molecule has 0 bridgehead atoms. The summed E-state index contributed by atoms with van der Waals surface area (Å²) < 4.78 is 10.9. The predicted octanol–water partition coefficient (Wildman–Crippen LogP) is 4.74. The number of anilines is 2. The van der Waals surface area contributed by atoms with Crippen molar-refractivity contribution in [2.24, 2.45) is 4.99 Å². The molecule has 2 aromatic rings. The van der Waals surface area contributed by atoms with Crippen LogP contribution in [0, 0.1) is 0 Å². The molecule has 10 nitrogen and oxygen atoms in total. The third kappa shape index (κ3) is 8.84. The largest absolute Gasteiger partial charge is 0.444 e. The monoisotopic (exact) mass is 577 g/mol. The molecule has 2 atom stereocenters. The van der Waals surface area contributed by atoms with E-state index in [1.54, 1.807) is 40.0 Å². The van der Waals surface area contributed by atoms with Crippen LogP contribution in [0.15, 0.2) is 47.5 Å². The van der Waals surface area contributed by atoms with Gasteiger partial charge in [-0.25, -0.2) is 9.79 Å². The van der Waals surface area contributed by atoms with Crippen molar-refractivity contribution >= 4 is 58.4 Å². The number of methoxy groups -OCH3 is 1. The number of para-hydroxylation sites is 1. The number of carbonyl (C=O) groups is 3. The van der Waals surface area contributed by atoms with Crippen LogP contribution >= 0.6 is 23.2 Å². The molecule has 0 spiro atoms. The number of amides is 3. The van der Waals surface area contributed by atoms with E-state index in [0.29, 0.717) is 18.5 Å². The highest BCUT2D eigenvalue weighted by Crippen LogP contribution is 2.32. The molecule has 3 N–H and O–H groups in total. The third-order valence-electron chi connectivity index (χ3n) is 5.67. The van der Waals surface area contributed by atoms with Gasteiger partial charge in [0.25, 0.3) is 0 Å². The van der Waals surface area contributed by atoms with Crippen LogP contribution < -0.4 is 20.9 Å². The Balaban J connectivity index is 1.84. The van der Waals surface area contributed by atoms with Gasteiger partial charge in [-0.1, -0.05) is 41.4 Å². The minimum atomic E-state index is -0.778. The van der Waals surface area contributed by atoms with Gasteiger partial charge in [0.2, 0.25) is 17.8 Å². The molecule has 39 heavy (non-hydrogen) atoms. The van der Waals surface area contributed by atoms with Crippen molar-refractivity contribution in [3.05, 3.63) is 58.1 Å². The predicted molar refractivity (Wildman–Crippen MR) is 152 cm³/mol. The van der Waals surface area contributed by atoms with Gasteiger partial charge in [-0.15, -0.1) is 0 Å². The summed E-state index contributed by atoms with van der Waals surface area (Å²) in [5, 5.41) is 8.30. The number of halogens is 2. The Morgan fingerprint density at radius 2 is 1.72 bits per heavy atom. The number of alkyl carbamates (subject to hydrolysis) is 1. The van der Waals surface area contributed by atoms with Gasteiger partial charge in [0.15, 0.2) is 0 Å². The van der Waals surface area contributed by atoms with E-state index >= 15 is 0 Å². The van der Waals surface area contributed by atoms with E-state index in [2.05, 4.69) is 20.9 Å². The van der Waals surface area contributed by atoms with Gasteiger partial charge in [-0.3, -0.25) is 20.2 Å². The molecule has 1 heterocycles. The van der Waals surface area contributed by atoms with Gasteiger partial charge in [0, 0.05) is 32.7 Å². The highest BCUT2D eigenvalue weighted by Gasteiger charge is 2.37. The summed E-state index contributed by atoms with van der Waals surface area (Å²) in [4.78, 5) is 43.8. The smallest absolute Gasteiger partial charge is 0.414 e. The average molecular weight is 578 g/mol. The number of benzene rings is 2. The number of ether oxygens (including phenoxy) is 2. The zero-order chi connectivity index (χ0) is 28.7. The summed E-state index contributed by atoms with van der Waals surface area (Å²) in [5.74, 6) is -0.783. The third-order valence-corrected chi connectivity index (χ3v) is 6.27. The summed E-state index contributed by atoms with van der Waals surface area (Å²) in [5.41, 5.74) is 0.984. The molecule has 1 aliphatic heterocycles. The lowest BCUT2D eigenvalue weighted by atomic mass is 10.1. The molecule has 0 aliphatic carbocycles. The first-order chi connectivity index (χ1) is 18.4. The van der Waals surface area contributed by atoms with Crippen LogP contribution in [0.25, 0.3) is 0 Å². The molecule has 3 amide bonds. The van der Waals surface area contributed by atoms with Crippen LogP contribution in [0.5, 0.6) is 0 Å². The minimum Gasteiger partial charge on any atom is -0.444 e. The lowest BCUT2D eigenvalue weighted by molar-refractivity contribution is -0.121. The molecule has 0 radical (unpaired) electrons. The van der Waals surface area contributed by atoms with E-state index in [-0.39, 0.29) is 46.2 Å². The maximum atomic E-state index is 13.5. The van der Waals surface area contributed by atoms with Crippen molar-refractivity contribution < 1.29 is 23.9 Å². The van der Waals surface area contributed by atoms with Gasteiger partial charge in [-0.05, 0) is 50.6 Å². The van der Waals surface area contributed by atoms with E-state index in [9.17, 15) is 14.4 Å². The molecular weight excluding hydrogens is 545 g/mol. The van der Waals surface area contributed by atoms with Crippen molar-refractivity contribution in [2.75, 3.05) is 23.9 Å². The Labute approximate surface area is 238 Å². The molecule has 1 aliphatic rings. The molecule has 0 unspecified atom stereocenters. The van der Waals surface area contributed by atoms with Crippen molar-refractivity contribution in [1.82, 2.24) is 10.6 Å². The number of hydrogen-bond acceptors (Lipinski definition) is 7. The Bertz CT molecular complexity index is 1210. The zero-order valence-electron chi connectivity index (χ0n) is 22.5. The SMILES string of the molecule is CO[C@@H]1C[C@@H](C(=O)NC(=NCc2cc(Cl)c(NC(C)=O)c(Cl)c2)NC(=O)OC(C)(C)C)N(c2ccccc2)C1. The molecule has 1 fully saturated rings. The summed E-state index contributed by atoms with van der Waals surface area (Å²) in [6.45, 7) is 7.07. The molecule has 2 aromatic carbocycles. The van der Waals surface area contributed by atoms with Crippen LogP contribution in [-0.4, -0.2) is 55.3 Å². The quantitative estimate of drug-likeness (QED) is 0.336. The van der Waals surface area contributed by atoms with Gasteiger partial charge in [-0.2, -0.15) is 0 Å². The summed E-state index contributed by atoms with van der Waals surface area (Å²) >= 11 is 12.6. The van der Waals surface area contributed by atoms with E-state index in [0.717, 1.165) is 5.69 Å². The number of carbonyl (C=O) groups excluding carboxylic acids is 3. The molecule has 210 valence electrons. The van der Waals surface area contributed by atoms with Crippen molar-refractivity contribution in [2.45, 2.75) is 58.4 Å². The lowest BCUT2D eigenvalue weighted by Gasteiger charge is -2.26. The Morgan fingerprint density at radius 3 is 2.28 bits per heavy atom. The minimum absolute atomic E-state index is 0.0129. The zero-order valence-corrected chi connectivity index (χ0v) is 24.0. The standard InChI is InChI=1S/C27H33Cl2N5O5/c1-16(35)31-23-20(28)11-17(12-21(23)29)14-30-25(33-26(37)39-27(2,3)4)32-24(36)22-13-19(38-5)15-34(22)18-9-7-6-8-10-18/h6-12,19,22H,13-15H2,1-5H3,(H,31,35)(H2,30,32,33,36,37)/t19-,22+/m1/s1. The fourth-order valence-electron chi connectivity index (χ4n) is 4.01.